The summed E-state index contributed by atoms with van der Waals surface area (Å²) in [5, 5.41) is 5.53. The van der Waals surface area contributed by atoms with Crippen LogP contribution in [0.25, 0.3) is 0 Å². The van der Waals surface area contributed by atoms with Gasteiger partial charge in [0.15, 0.2) is 0 Å². The van der Waals surface area contributed by atoms with Crippen molar-refractivity contribution in [2.75, 3.05) is 6.54 Å². The number of rotatable bonds is 5. The number of carbonyl (C=O) groups excluding carboxylic acids is 2. The average Bonchev–Trinajstić information content (AvgIpc) is 2.59. The molecule has 0 aliphatic heterocycles. The smallest absolute Gasteiger partial charge is 0.239 e. The van der Waals surface area contributed by atoms with Crippen molar-refractivity contribution in [2.45, 2.75) is 45.1 Å². The molecule has 4 fully saturated rings. The predicted molar refractivity (Wildman–Crippen MR) is 99.6 cm³/mol. The molecule has 6 heteroatoms. The fourth-order valence-corrected chi connectivity index (χ4v) is 6.08. The third-order valence-electron chi connectivity index (χ3n) is 6.41. The highest BCUT2D eigenvalue weighted by Crippen LogP contribution is 2.60. The van der Waals surface area contributed by atoms with Gasteiger partial charge in [0.05, 0.1) is 6.54 Å². The molecule has 5 rings (SSSR count). The second-order valence-electron chi connectivity index (χ2n) is 8.39. The Morgan fingerprint density at radius 3 is 2.31 bits per heavy atom. The van der Waals surface area contributed by atoms with Gasteiger partial charge in [-0.3, -0.25) is 9.59 Å². The summed E-state index contributed by atoms with van der Waals surface area (Å²) in [6.45, 7) is 0.0630. The molecule has 0 saturated heterocycles. The summed E-state index contributed by atoms with van der Waals surface area (Å²) in [6.07, 6.45) is 6.79. The van der Waals surface area contributed by atoms with Crippen molar-refractivity contribution in [3.63, 3.8) is 0 Å². The van der Waals surface area contributed by atoms with Crippen LogP contribution in [0.1, 0.15) is 44.1 Å². The number of hydrogen-bond acceptors (Lipinski definition) is 2. The fraction of sp³-hybridized carbons (Fsp3) is 0.600. The van der Waals surface area contributed by atoms with Crippen LogP contribution >= 0.6 is 15.9 Å². The SMILES string of the molecule is O=C(CNC(=O)C12CC3CC(CC(C3)C1)C2)NCc1cc(Br)ccc1F. The summed E-state index contributed by atoms with van der Waals surface area (Å²) >= 11 is 3.29. The molecule has 0 radical (unpaired) electrons. The maximum absolute atomic E-state index is 13.7. The molecule has 0 unspecified atom stereocenters. The first-order valence-corrected chi connectivity index (χ1v) is 10.2. The molecule has 4 saturated carbocycles. The molecule has 2 amide bonds. The highest BCUT2D eigenvalue weighted by molar-refractivity contribution is 9.10. The maximum Gasteiger partial charge on any atom is 0.239 e. The molecule has 4 bridgehead atoms. The van der Waals surface area contributed by atoms with E-state index in [2.05, 4.69) is 26.6 Å². The average molecular weight is 423 g/mol. The zero-order valence-electron chi connectivity index (χ0n) is 14.7. The van der Waals surface area contributed by atoms with E-state index in [1.54, 1.807) is 12.1 Å². The molecule has 26 heavy (non-hydrogen) atoms. The fourth-order valence-electron chi connectivity index (χ4n) is 5.67. The summed E-state index contributed by atoms with van der Waals surface area (Å²) in [7, 11) is 0. The minimum Gasteiger partial charge on any atom is -0.350 e. The zero-order valence-corrected chi connectivity index (χ0v) is 16.3. The maximum atomic E-state index is 13.7. The largest absolute Gasteiger partial charge is 0.350 e. The summed E-state index contributed by atoms with van der Waals surface area (Å²) in [5.74, 6) is 1.48. The predicted octanol–water partition coefficient (Wildman–Crippen LogP) is 3.54. The molecule has 4 aliphatic rings. The quantitative estimate of drug-likeness (QED) is 0.762. The number of carbonyl (C=O) groups is 2. The van der Waals surface area contributed by atoms with Gasteiger partial charge in [0.1, 0.15) is 5.82 Å². The molecule has 1 aromatic rings. The van der Waals surface area contributed by atoms with Crippen LogP contribution in [0.15, 0.2) is 22.7 Å². The van der Waals surface area contributed by atoms with Crippen molar-refractivity contribution in [2.24, 2.45) is 23.2 Å². The summed E-state index contributed by atoms with van der Waals surface area (Å²) in [5.41, 5.74) is 0.172. The first-order chi connectivity index (χ1) is 12.4. The van der Waals surface area contributed by atoms with Gasteiger partial charge in [-0.05, 0) is 74.5 Å². The molecule has 0 aromatic heterocycles. The van der Waals surface area contributed by atoms with Crippen LogP contribution in [0, 0.1) is 29.0 Å². The van der Waals surface area contributed by atoms with Crippen molar-refractivity contribution >= 4 is 27.7 Å². The van der Waals surface area contributed by atoms with E-state index in [0.29, 0.717) is 23.3 Å². The minimum atomic E-state index is -0.355. The Hall–Kier alpha value is -1.43. The van der Waals surface area contributed by atoms with E-state index in [1.807, 2.05) is 0 Å². The van der Waals surface area contributed by atoms with Crippen molar-refractivity contribution < 1.29 is 14.0 Å². The molecule has 0 atom stereocenters. The zero-order chi connectivity index (χ0) is 18.3. The van der Waals surface area contributed by atoms with Gasteiger partial charge in [-0.25, -0.2) is 4.39 Å². The van der Waals surface area contributed by atoms with Gasteiger partial charge in [-0.2, -0.15) is 0 Å². The number of hydrogen-bond donors (Lipinski definition) is 2. The van der Waals surface area contributed by atoms with Crippen LogP contribution in [-0.2, 0) is 16.1 Å². The molecule has 4 nitrogen and oxygen atoms in total. The standard InChI is InChI=1S/C20H24BrFN2O2/c21-16-1-2-17(22)15(6-16)10-23-18(25)11-24-19(26)20-7-12-3-13(8-20)5-14(4-12)9-20/h1-2,6,12-14H,3-5,7-11H2,(H,23,25)(H,24,26). The molecule has 0 heterocycles. The lowest BCUT2D eigenvalue weighted by Crippen LogP contribution is -2.54. The second kappa shape index (κ2) is 6.95. The molecular formula is C20H24BrFN2O2. The van der Waals surface area contributed by atoms with Crippen LogP contribution in [0.4, 0.5) is 4.39 Å². The first kappa shape index (κ1) is 18.0. The van der Waals surface area contributed by atoms with Gasteiger partial charge < -0.3 is 10.6 Å². The van der Waals surface area contributed by atoms with E-state index in [0.717, 1.165) is 23.7 Å². The first-order valence-electron chi connectivity index (χ1n) is 9.42. The molecule has 1 aromatic carbocycles. The lowest BCUT2D eigenvalue weighted by molar-refractivity contribution is -0.147. The van der Waals surface area contributed by atoms with E-state index in [-0.39, 0.29) is 36.1 Å². The Bertz CT molecular complexity index is 701. The number of nitrogens with one attached hydrogen (secondary N) is 2. The summed E-state index contributed by atoms with van der Waals surface area (Å²) in [4.78, 5) is 24.9. The molecule has 140 valence electrons. The Labute approximate surface area is 161 Å². The van der Waals surface area contributed by atoms with Crippen molar-refractivity contribution in [1.29, 1.82) is 0 Å². The Balaban J connectivity index is 1.29. The highest BCUT2D eigenvalue weighted by atomic mass is 79.9. The van der Waals surface area contributed by atoms with E-state index in [4.69, 9.17) is 0 Å². The van der Waals surface area contributed by atoms with Crippen molar-refractivity contribution in [3.05, 3.63) is 34.1 Å². The lowest BCUT2D eigenvalue weighted by Gasteiger charge is -2.55. The molecule has 2 N–H and O–H groups in total. The van der Waals surface area contributed by atoms with Gasteiger partial charge >= 0.3 is 0 Å². The van der Waals surface area contributed by atoms with Gasteiger partial charge in [0, 0.05) is 22.0 Å². The Morgan fingerprint density at radius 1 is 1.08 bits per heavy atom. The van der Waals surface area contributed by atoms with Crippen LogP contribution in [0.2, 0.25) is 0 Å². The Kier molecular flexibility index (Phi) is 4.80. The third-order valence-corrected chi connectivity index (χ3v) is 6.91. The molecular weight excluding hydrogens is 399 g/mol. The summed E-state index contributed by atoms with van der Waals surface area (Å²) in [6, 6.07) is 4.62. The number of benzene rings is 1. The van der Waals surface area contributed by atoms with Gasteiger partial charge in [0.25, 0.3) is 0 Å². The van der Waals surface area contributed by atoms with Crippen LogP contribution in [0.5, 0.6) is 0 Å². The van der Waals surface area contributed by atoms with Crippen molar-refractivity contribution in [1.82, 2.24) is 10.6 Å². The number of halogens is 2. The highest BCUT2D eigenvalue weighted by Gasteiger charge is 2.54. The van der Waals surface area contributed by atoms with E-state index < -0.39 is 0 Å². The van der Waals surface area contributed by atoms with Crippen LogP contribution < -0.4 is 10.6 Å². The van der Waals surface area contributed by atoms with E-state index in [1.165, 1.54) is 25.3 Å². The topological polar surface area (TPSA) is 58.2 Å². The van der Waals surface area contributed by atoms with E-state index in [9.17, 15) is 14.0 Å². The monoisotopic (exact) mass is 422 g/mol. The lowest BCUT2D eigenvalue weighted by atomic mass is 9.49. The van der Waals surface area contributed by atoms with Crippen molar-refractivity contribution in [3.8, 4) is 0 Å². The second-order valence-corrected chi connectivity index (χ2v) is 9.31. The molecule has 4 aliphatic carbocycles. The normalized spacial score (nSPS) is 31.7. The molecule has 0 spiro atoms. The van der Waals surface area contributed by atoms with Crippen LogP contribution in [-0.4, -0.2) is 18.4 Å². The van der Waals surface area contributed by atoms with Gasteiger partial charge in [-0.1, -0.05) is 15.9 Å². The van der Waals surface area contributed by atoms with Gasteiger partial charge in [0.2, 0.25) is 11.8 Å². The van der Waals surface area contributed by atoms with Crippen LogP contribution in [0.3, 0.4) is 0 Å². The summed E-state index contributed by atoms with van der Waals surface area (Å²) < 4.78 is 14.5. The van der Waals surface area contributed by atoms with E-state index >= 15 is 0 Å². The van der Waals surface area contributed by atoms with Gasteiger partial charge in [-0.15, -0.1) is 0 Å². The number of amides is 2. The Morgan fingerprint density at radius 2 is 1.69 bits per heavy atom. The third kappa shape index (κ3) is 3.53. The minimum absolute atomic E-state index is 0.0420.